The van der Waals surface area contributed by atoms with Crippen molar-refractivity contribution in [3.63, 3.8) is 0 Å². The van der Waals surface area contributed by atoms with E-state index in [0.717, 1.165) is 12.8 Å². The van der Waals surface area contributed by atoms with Gasteiger partial charge in [-0.25, -0.2) is 0 Å². The monoisotopic (exact) mass is 372 g/mol. The number of hydrogen-bond acceptors (Lipinski definition) is 3. The third kappa shape index (κ3) is 7.88. The number of carbonyl (C=O) groups is 1. The van der Waals surface area contributed by atoms with Crippen LogP contribution in [0.4, 0.5) is 0 Å². The van der Waals surface area contributed by atoms with Gasteiger partial charge in [-0.15, -0.1) is 0 Å². The van der Waals surface area contributed by atoms with Gasteiger partial charge in [0.05, 0.1) is 7.11 Å². The fraction of sp³-hybridized carbons (Fsp3) is 0.625. The van der Waals surface area contributed by atoms with E-state index in [2.05, 4.69) is 36.9 Å². The molecule has 1 aliphatic rings. The number of benzene rings is 1. The van der Waals surface area contributed by atoms with Crippen molar-refractivity contribution in [2.45, 2.75) is 89.3 Å². The molecule has 150 valence electrons. The van der Waals surface area contributed by atoms with Crippen molar-refractivity contribution in [3.05, 3.63) is 48.2 Å². The molecule has 0 spiro atoms. The van der Waals surface area contributed by atoms with Crippen molar-refractivity contribution in [1.82, 2.24) is 0 Å². The predicted octanol–water partition coefficient (Wildman–Crippen LogP) is 6.02. The maximum atomic E-state index is 12.1. The number of Topliss-reactive ketones (excluding diaryl/α,β-unsaturated/α-hetero) is 1. The average molecular weight is 373 g/mol. The number of hydrogen-bond donors (Lipinski definition) is 0. The van der Waals surface area contributed by atoms with Crippen LogP contribution in [-0.2, 0) is 20.7 Å². The highest BCUT2D eigenvalue weighted by atomic mass is 16.6. The second-order valence-corrected chi connectivity index (χ2v) is 8.01. The molecular weight excluding hydrogens is 336 g/mol. The fourth-order valence-corrected chi connectivity index (χ4v) is 3.72. The van der Waals surface area contributed by atoms with Gasteiger partial charge in [0, 0.05) is 12.8 Å². The summed E-state index contributed by atoms with van der Waals surface area (Å²) in [7, 11) is 1.59. The molecule has 0 unspecified atom stereocenters. The van der Waals surface area contributed by atoms with E-state index in [0.29, 0.717) is 24.4 Å². The molecule has 2 atom stereocenters. The van der Waals surface area contributed by atoms with E-state index in [1.165, 1.54) is 50.5 Å². The quantitative estimate of drug-likeness (QED) is 0.215. The normalized spacial score (nSPS) is 21.0. The van der Waals surface area contributed by atoms with Crippen LogP contribution in [0.2, 0.25) is 0 Å². The first-order chi connectivity index (χ1) is 13.0. The summed E-state index contributed by atoms with van der Waals surface area (Å²) in [5, 5.41) is 0. The van der Waals surface area contributed by atoms with Gasteiger partial charge in [0.1, 0.15) is 23.2 Å². The first-order valence-electron chi connectivity index (χ1n) is 10.5. The number of rotatable bonds is 15. The smallest absolute Gasteiger partial charge is 0.144 e. The van der Waals surface area contributed by atoms with Crippen molar-refractivity contribution in [2.75, 3.05) is 7.11 Å². The Hall–Kier alpha value is -1.61. The molecule has 3 nitrogen and oxygen atoms in total. The third-order valence-electron chi connectivity index (χ3n) is 5.50. The molecule has 2 rings (SSSR count). The molecule has 0 saturated carbocycles. The number of methoxy groups -OCH3 is 1. The van der Waals surface area contributed by atoms with Crippen LogP contribution in [-0.4, -0.2) is 24.6 Å². The molecule has 0 aromatic heterocycles. The minimum Gasteiger partial charge on any atom is -0.499 e. The lowest BCUT2D eigenvalue weighted by Crippen LogP contribution is -2.17. The van der Waals surface area contributed by atoms with Crippen molar-refractivity contribution in [1.29, 1.82) is 0 Å². The summed E-state index contributed by atoms with van der Waals surface area (Å²) < 4.78 is 10.7. The minimum atomic E-state index is -0.385. The maximum absolute atomic E-state index is 12.1. The minimum absolute atomic E-state index is 0.117. The molecule has 0 aliphatic carbocycles. The summed E-state index contributed by atoms with van der Waals surface area (Å²) >= 11 is 0. The topological polar surface area (TPSA) is 38.8 Å². The molecule has 27 heavy (non-hydrogen) atoms. The molecule has 0 N–H and O–H groups in total. The van der Waals surface area contributed by atoms with Gasteiger partial charge in [0.15, 0.2) is 0 Å². The van der Waals surface area contributed by atoms with Gasteiger partial charge in [-0.1, -0.05) is 75.4 Å². The van der Waals surface area contributed by atoms with Crippen LogP contribution in [0.1, 0.15) is 76.7 Å². The van der Waals surface area contributed by atoms with Crippen molar-refractivity contribution >= 4 is 5.78 Å². The van der Waals surface area contributed by atoms with Crippen LogP contribution in [0.3, 0.4) is 0 Å². The molecule has 0 radical (unpaired) electrons. The standard InChI is InChI=1S/C24H36O3/c1-20(26-3)23-24(2,27-23)19-22(25)18-14-9-7-5-4-6-8-11-15-21-16-12-10-13-17-21/h10,12-13,16-17,23H,1,4-9,11,14-15,18-19H2,2-3H3/t23-,24+/m0/s1. The fourth-order valence-electron chi connectivity index (χ4n) is 3.72. The number of ketones is 1. The molecule has 1 aromatic rings. The van der Waals surface area contributed by atoms with Gasteiger partial charge in [-0.3, -0.25) is 4.79 Å². The lowest BCUT2D eigenvalue weighted by atomic mass is 9.96. The number of ether oxygens (including phenoxy) is 2. The number of epoxide rings is 1. The summed E-state index contributed by atoms with van der Waals surface area (Å²) in [6.07, 6.45) is 12.2. The Kier molecular flexibility index (Phi) is 9.06. The van der Waals surface area contributed by atoms with Crippen LogP contribution in [0.25, 0.3) is 0 Å². The molecule has 1 aromatic carbocycles. The van der Waals surface area contributed by atoms with Crippen LogP contribution in [0, 0.1) is 0 Å². The summed E-state index contributed by atoms with van der Waals surface area (Å²) in [6.45, 7) is 5.79. The zero-order chi connectivity index (χ0) is 19.5. The summed E-state index contributed by atoms with van der Waals surface area (Å²) in [5.74, 6) is 0.916. The molecule has 0 bridgehead atoms. The molecule has 0 amide bonds. The second kappa shape index (κ2) is 11.3. The average Bonchev–Trinajstić information content (AvgIpc) is 3.34. The van der Waals surface area contributed by atoms with Crippen molar-refractivity contribution in [2.24, 2.45) is 0 Å². The van der Waals surface area contributed by atoms with Crippen LogP contribution < -0.4 is 0 Å². The van der Waals surface area contributed by atoms with E-state index in [1.807, 2.05) is 6.92 Å². The third-order valence-corrected chi connectivity index (χ3v) is 5.50. The largest absolute Gasteiger partial charge is 0.499 e. The van der Waals surface area contributed by atoms with E-state index < -0.39 is 0 Å². The first-order valence-corrected chi connectivity index (χ1v) is 10.5. The Labute approximate surface area is 165 Å². The predicted molar refractivity (Wildman–Crippen MR) is 111 cm³/mol. The molecule has 1 aliphatic heterocycles. The summed E-state index contributed by atoms with van der Waals surface area (Å²) in [4.78, 5) is 12.1. The van der Waals surface area contributed by atoms with Gasteiger partial charge < -0.3 is 9.47 Å². The highest BCUT2D eigenvalue weighted by Gasteiger charge is 2.55. The number of aryl methyl sites for hydroxylation is 1. The Bertz CT molecular complexity index is 581. The Morgan fingerprint density at radius 3 is 2.26 bits per heavy atom. The number of unbranched alkanes of at least 4 members (excludes halogenated alkanes) is 7. The van der Waals surface area contributed by atoms with Crippen LogP contribution in [0.5, 0.6) is 0 Å². The molecule has 1 heterocycles. The van der Waals surface area contributed by atoms with Crippen LogP contribution in [0.15, 0.2) is 42.7 Å². The van der Waals surface area contributed by atoms with Gasteiger partial charge in [-0.05, 0) is 31.7 Å². The highest BCUT2D eigenvalue weighted by Crippen LogP contribution is 2.43. The zero-order valence-electron chi connectivity index (χ0n) is 17.2. The highest BCUT2D eigenvalue weighted by molar-refractivity contribution is 5.80. The molecule has 1 fully saturated rings. The van der Waals surface area contributed by atoms with Gasteiger partial charge in [0.2, 0.25) is 0 Å². The Balaban J connectivity index is 1.39. The maximum Gasteiger partial charge on any atom is 0.144 e. The SMILES string of the molecule is C=C(OC)[C@@H]1O[C@]1(C)CC(=O)CCCCCCCCCCc1ccccc1. The van der Waals surface area contributed by atoms with E-state index in [9.17, 15) is 4.79 Å². The summed E-state index contributed by atoms with van der Waals surface area (Å²) in [6, 6.07) is 10.7. The zero-order valence-corrected chi connectivity index (χ0v) is 17.2. The van der Waals surface area contributed by atoms with E-state index in [4.69, 9.17) is 9.47 Å². The van der Waals surface area contributed by atoms with E-state index in [-0.39, 0.29) is 11.7 Å². The van der Waals surface area contributed by atoms with Crippen molar-refractivity contribution < 1.29 is 14.3 Å². The molecular formula is C24H36O3. The van der Waals surface area contributed by atoms with Crippen LogP contribution >= 0.6 is 0 Å². The Morgan fingerprint density at radius 2 is 1.63 bits per heavy atom. The lowest BCUT2D eigenvalue weighted by Gasteiger charge is -2.07. The summed E-state index contributed by atoms with van der Waals surface area (Å²) in [5.41, 5.74) is 1.06. The van der Waals surface area contributed by atoms with Gasteiger partial charge in [0.25, 0.3) is 0 Å². The first kappa shape index (κ1) is 21.7. The Morgan fingerprint density at radius 1 is 1.04 bits per heavy atom. The molecule has 1 saturated heterocycles. The van der Waals surface area contributed by atoms with Gasteiger partial charge in [-0.2, -0.15) is 0 Å². The van der Waals surface area contributed by atoms with Gasteiger partial charge >= 0.3 is 0 Å². The second-order valence-electron chi connectivity index (χ2n) is 8.01. The van der Waals surface area contributed by atoms with E-state index >= 15 is 0 Å². The van der Waals surface area contributed by atoms with E-state index in [1.54, 1.807) is 7.11 Å². The number of carbonyl (C=O) groups excluding carboxylic acids is 1. The van der Waals surface area contributed by atoms with Crippen molar-refractivity contribution in [3.8, 4) is 0 Å². The molecule has 3 heteroatoms. The lowest BCUT2D eigenvalue weighted by molar-refractivity contribution is -0.120.